The van der Waals surface area contributed by atoms with Crippen LogP contribution in [0.5, 0.6) is 0 Å². The Morgan fingerprint density at radius 1 is 0.625 bits per heavy atom. The minimum Gasteiger partial charge on any atom is -0.360 e. The fourth-order valence-electron chi connectivity index (χ4n) is 3.13. The van der Waals surface area contributed by atoms with Gasteiger partial charge in [0.25, 0.3) is 0 Å². The molecule has 4 aromatic rings. The molecular weight excluding hydrogens is 312 g/mol. The third-order valence-electron chi connectivity index (χ3n) is 4.37. The summed E-state index contributed by atoms with van der Waals surface area (Å²) in [5.74, 6) is -0.174. The highest BCUT2D eigenvalue weighted by molar-refractivity contribution is 6.54. The van der Waals surface area contributed by atoms with E-state index >= 15 is 0 Å². The smallest absolute Gasteiger partial charge is 0.157 e. The first-order valence-electron chi connectivity index (χ1n) is 7.95. The minimum atomic E-state index is -0.174. The molecule has 2 nitrogen and oxygen atoms in total. The predicted molar refractivity (Wildman–Crippen MR) is 102 cm³/mol. The highest BCUT2D eigenvalue weighted by Crippen LogP contribution is 2.27. The summed E-state index contributed by atoms with van der Waals surface area (Å²) in [6.07, 6.45) is 0. The molecule has 24 heavy (non-hydrogen) atoms. The van der Waals surface area contributed by atoms with E-state index in [2.05, 4.69) is 66.7 Å². The van der Waals surface area contributed by atoms with Gasteiger partial charge in [0.2, 0.25) is 0 Å². The van der Waals surface area contributed by atoms with E-state index in [1.807, 2.05) is 0 Å². The van der Waals surface area contributed by atoms with Crippen molar-refractivity contribution in [2.45, 2.75) is 5.91 Å². The van der Waals surface area contributed by atoms with Gasteiger partial charge in [0.05, 0.1) is 0 Å². The number of hydrogen-bond donors (Lipinski definition) is 0. The van der Waals surface area contributed by atoms with E-state index < -0.39 is 0 Å². The van der Waals surface area contributed by atoms with Gasteiger partial charge >= 0.3 is 0 Å². The Hall–Kier alpha value is -2.20. The van der Waals surface area contributed by atoms with Gasteiger partial charge in [0.15, 0.2) is 9.52 Å². The van der Waals surface area contributed by atoms with Gasteiger partial charge in [-0.15, -0.1) is 0 Å². The van der Waals surface area contributed by atoms with Crippen LogP contribution in [-0.4, -0.2) is 29.7 Å². The molecule has 0 saturated carbocycles. The van der Waals surface area contributed by atoms with Gasteiger partial charge in [-0.3, -0.25) is 0 Å². The minimum absolute atomic E-state index is 0.174. The molecule has 0 aliphatic rings. The highest BCUT2D eigenvalue weighted by Gasteiger charge is 2.09. The number of fused-ring (bicyclic) bond motifs is 3. The van der Waals surface area contributed by atoms with Crippen molar-refractivity contribution >= 4 is 47.0 Å². The quantitative estimate of drug-likeness (QED) is 0.319. The van der Waals surface area contributed by atoms with Gasteiger partial charge in [-0.25, -0.2) is 0 Å². The topological polar surface area (TPSA) is 18.5 Å². The summed E-state index contributed by atoms with van der Waals surface area (Å²) in [7, 11) is 3.84. The molecule has 0 spiro atoms. The fourth-order valence-corrected chi connectivity index (χ4v) is 4.06. The Morgan fingerprint density at radius 2 is 1.12 bits per heavy atom. The predicted octanol–water partition coefficient (Wildman–Crippen LogP) is 4.05. The second kappa shape index (κ2) is 6.36. The molecule has 0 heterocycles. The molecule has 118 valence electrons. The molecule has 2 radical (unpaired) electrons. The van der Waals surface area contributed by atoms with Crippen LogP contribution in [0.15, 0.2) is 66.7 Å². The summed E-state index contributed by atoms with van der Waals surface area (Å²) in [5, 5.41) is 8.88. The second-order valence-corrected chi connectivity index (χ2v) is 7.25. The largest absolute Gasteiger partial charge is 0.360 e. The molecule has 0 amide bonds. The number of methoxy groups -OCH3 is 2. The third-order valence-corrected chi connectivity index (χ3v) is 5.72. The number of benzene rings is 4. The molecule has 0 unspecified atom stereocenters. The van der Waals surface area contributed by atoms with E-state index in [1.165, 1.54) is 37.5 Å². The van der Waals surface area contributed by atoms with Crippen molar-refractivity contribution < 1.29 is 9.47 Å². The van der Waals surface area contributed by atoms with Crippen LogP contribution in [0.2, 0.25) is 0 Å². The summed E-state index contributed by atoms with van der Waals surface area (Å²) in [6, 6.07) is 24.2. The molecule has 0 fully saturated rings. The first-order chi connectivity index (χ1) is 11.8. The number of hydrogen-bond acceptors (Lipinski definition) is 2. The fraction of sp³-hybridized carbons (Fsp3) is 0.143. The Labute approximate surface area is 143 Å². The maximum atomic E-state index is 5.32. The molecule has 4 aromatic carbocycles. The van der Waals surface area contributed by atoms with Crippen LogP contribution in [0.25, 0.3) is 32.3 Å². The lowest BCUT2D eigenvalue weighted by atomic mass is 10.00. The van der Waals surface area contributed by atoms with Gasteiger partial charge in [-0.05, 0) is 56.6 Å². The highest BCUT2D eigenvalue weighted by atomic mass is 28.2. The Bertz CT molecular complexity index is 1020. The lowest BCUT2D eigenvalue weighted by Gasteiger charge is -2.13. The van der Waals surface area contributed by atoms with Crippen molar-refractivity contribution in [3.63, 3.8) is 0 Å². The Morgan fingerprint density at radius 3 is 1.71 bits per heavy atom. The van der Waals surface area contributed by atoms with Crippen molar-refractivity contribution in [3.05, 3.63) is 66.7 Å². The molecule has 0 saturated heterocycles. The average Bonchev–Trinajstić information content (AvgIpc) is 2.62. The number of rotatable bonds is 4. The standard InChI is InChI=1S/C21H18O2Si/c1-22-21(23-2)24-20-8-7-16-11-17-9-14-5-3-4-6-15(14)10-18(17)12-19(16)13-20/h3-13,21H,1-2H3. The zero-order chi connectivity index (χ0) is 16.5. The van der Waals surface area contributed by atoms with Crippen LogP contribution in [0, 0.1) is 0 Å². The van der Waals surface area contributed by atoms with Crippen molar-refractivity contribution in [1.29, 1.82) is 0 Å². The van der Waals surface area contributed by atoms with Crippen molar-refractivity contribution in [3.8, 4) is 0 Å². The lowest BCUT2D eigenvalue weighted by molar-refractivity contribution is -0.0429. The number of ether oxygens (including phenoxy) is 2. The van der Waals surface area contributed by atoms with Crippen LogP contribution < -0.4 is 5.19 Å². The normalized spacial score (nSPS) is 11.8. The lowest BCUT2D eigenvalue weighted by Crippen LogP contribution is -2.30. The molecule has 4 rings (SSSR count). The zero-order valence-corrected chi connectivity index (χ0v) is 14.7. The van der Waals surface area contributed by atoms with E-state index in [0.29, 0.717) is 9.52 Å². The molecule has 0 aromatic heterocycles. The Balaban J connectivity index is 1.84. The first-order valence-corrected chi connectivity index (χ1v) is 9.03. The van der Waals surface area contributed by atoms with Gasteiger partial charge in [-0.2, -0.15) is 0 Å². The zero-order valence-electron chi connectivity index (χ0n) is 13.7. The molecule has 3 heteroatoms. The van der Waals surface area contributed by atoms with Gasteiger partial charge in [-0.1, -0.05) is 47.7 Å². The van der Waals surface area contributed by atoms with Crippen LogP contribution in [-0.2, 0) is 9.47 Å². The van der Waals surface area contributed by atoms with Crippen molar-refractivity contribution in [2.75, 3.05) is 14.2 Å². The van der Waals surface area contributed by atoms with Gasteiger partial charge in [0.1, 0.15) is 5.91 Å². The summed E-state index contributed by atoms with van der Waals surface area (Å²) in [4.78, 5) is 0. The van der Waals surface area contributed by atoms with E-state index in [-0.39, 0.29) is 5.91 Å². The molecule has 0 aliphatic heterocycles. The van der Waals surface area contributed by atoms with Crippen LogP contribution in [0.1, 0.15) is 0 Å². The maximum Gasteiger partial charge on any atom is 0.157 e. The van der Waals surface area contributed by atoms with Gasteiger partial charge < -0.3 is 9.47 Å². The monoisotopic (exact) mass is 330 g/mol. The summed E-state index contributed by atoms with van der Waals surface area (Å²) < 4.78 is 10.6. The Kier molecular flexibility index (Phi) is 4.06. The SMILES string of the molecule is COC(OC)[Si]c1ccc2cc3cc4ccccc4cc3cc2c1. The summed E-state index contributed by atoms with van der Waals surface area (Å²) >= 11 is 0. The molecule has 0 atom stereocenters. The first kappa shape index (κ1) is 15.3. The van der Waals surface area contributed by atoms with E-state index in [9.17, 15) is 0 Å². The van der Waals surface area contributed by atoms with Crippen molar-refractivity contribution in [1.82, 2.24) is 0 Å². The van der Waals surface area contributed by atoms with E-state index in [0.717, 1.165) is 0 Å². The van der Waals surface area contributed by atoms with Crippen LogP contribution in [0.4, 0.5) is 0 Å². The molecule has 0 bridgehead atoms. The average molecular weight is 330 g/mol. The van der Waals surface area contributed by atoms with Crippen LogP contribution >= 0.6 is 0 Å². The van der Waals surface area contributed by atoms with Crippen molar-refractivity contribution in [2.24, 2.45) is 0 Å². The van der Waals surface area contributed by atoms with E-state index in [1.54, 1.807) is 14.2 Å². The molecular formula is C21H18O2Si. The molecule has 0 aliphatic carbocycles. The third kappa shape index (κ3) is 2.82. The van der Waals surface area contributed by atoms with E-state index in [4.69, 9.17) is 9.47 Å². The van der Waals surface area contributed by atoms with Gasteiger partial charge in [0, 0.05) is 14.2 Å². The molecule has 0 N–H and O–H groups in total. The summed E-state index contributed by atoms with van der Waals surface area (Å²) in [6.45, 7) is 0. The summed E-state index contributed by atoms with van der Waals surface area (Å²) in [5.41, 5.74) is 0. The van der Waals surface area contributed by atoms with Crippen LogP contribution in [0.3, 0.4) is 0 Å². The maximum absolute atomic E-state index is 5.32. The second-order valence-electron chi connectivity index (χ2n) is 5.91.